The van der Waals surface area contributed by atoms with E-state index in [1.807, 2.05) is 0 Å². The van der Waals surface area contributed by atoms with Gasteiger partial charge in [-0.3, -0.25) is 0 Å². The van der Waals surface area contributed by atoms with Gasteiger partial charge in [0.05, 0.1) is 0 Å². The monoisotopic (exact) mass is 651 g/mol. The van der Waals surface area contributed by atoms with E-state index in [0.717, 1.165) is 0 Å². The van der Waals surface area contributed by atoms with Gasteiger partial charge in [-0.05, 0) is 0 Å². The molecule has 0 atom stereocenters. The fraction of sp³-hybridized carbons (Fsp3) is 0. The van der Waals surface area contributed by atoms with Crippen molar-refractivity contribution in [3.8, 4) is 22.3 Å². The fourth-order valence-electron chi connectivity index (χ4n) is 6.53. The molecule has 0 saturated heterocycles. The Kier molecular flexibility index (Phi) is 6.21. The Hall–Kier alpha value is -3.84. The van der Waals surface area contributed by atoms with Crippen LogP contribution < -0.4 is 29.8 Å². The molecule has 0 nitrogen and oxygen atoms in total. The van der Waals surface area contributed by atoms with Crippen LogP contribution in [0.15, 0.2) is 146 Å². The number of hydrogen-bond donors (Lipinski definition) is 0. The first-order valence-corrected chi connectivity index (χ1v) is 16.5. The molecule has 1 heterocycles. The molecule has 1 aliphatic rings. The molecule has 0 saturated carbocycles. The molecule has 0 aliphatic carbocycles. The van der Waals surface area contributed by atoms with Gasteiger partial charge in [0.15, 0.2) is 0 Å². The first-order chi connectivity index (χ1) is 20.3. The zero-order valence-corrected chi connectivity index (χ0v) is 25.7. The van der Waals surface area contributed by atoms with Crippen LogP contribution in [0.2, 0.25) is 0 Å². The molecule has 41 heavy (non-hydrogen) atoms. The summed E-state index contributed by atoms with van der Waals surface area (Å²) in [6.45, 7) is 0.204. The number of benzene rings is 7. The van der Waals surface area contributed by atoms with E-state index in [1.165, 1.54) is 73.6 Å². The molecular formula is C38H24BSe2. The van der Waals surface area contributed by atoms with Gasteiger partial charge in [-0.2, -0.15) is 0 Å². The molecule has 0 spiro atoms. The predicted octanol–water partition coefficient (Wildman–Crippen LogP) is 4.61. The van der Waals surface area contributed by atoms with E-state index in [-0.39, 0.29) is 6.71 Å². The van der Waals surface area contributed by atoms with Crippen molar-refractivity contribution in [2.45, 2.75) is 0 Å². The summed E-state index contributed by atoms with van der Waals surface area (Å²) in [5.41, 5.74) is 9.35. The summed E-state index contributed by atoms with van der Waals surface area (Å²) >= 11 is 3.74. The van der Waals surface area contributed by atoms with Crippen LogP contribution in [-0.4, -0.2) is 37.7 Å². The van der Waals surface area contributed by atoms with E-state index >= 15 is 0 Å². The summed E-state index contributed by atoms with van der Waals surface area (Å²) in [5, 5.41) is 5.16. The molecule has 7 aromatic carbocycles. The molecule has 191 valence electrons. The first kappa shape index (κ1) is 24.9. The summed E-state index contributed by atoms with van der Waals surface area (Å²) < 4.78 is 4.18. The van der Waals surface area contributed by atoms with Gasteiger partial charge < -0.3 is 0 Å². The van der Waals surface area contributed by atoms with Crippen LogP contribution in [0.4, 0.5) is 0 Å². The van der Waals surface area contributed by atoms with Crippen molar-refractivity contribution in [2.24, 2.45) is 0 Å². The molecule has 1 aliphatic heterocycles. The summed E-state index contributed by atoms with van der Waals surface area (Å²) in [6, 6.07) is 53.8. The van der Waals surface area contributed by atoms with Gasteiger partial charge in [0, 0.05) is 0 Å². The van der Waals surface area contributed by atoms with E-state index in [0.29, 0.717) is 15.0 Å². The minimum atomic E-state index is 0.204. The summed E-state index contributed by atoms with van der Waals surface area (Å²) in [5.74, 6) is 0. The zero-order valence-electron chi connectivity index (χ0n) is 22.3. The van der Waals surface area contributed by atoms with E-state index in [1.54, 1.807) is 0 Å². The van der Waals surface area contributed by atoms with Crippen LogP contribution in [0, 0.1) is 0 Å². The second kappa shape index (κ2) is 10.2. The number of fused-ring (bicyclic) bond motifs is 4. The van der Waals surface area contributed by atoms with Gasteiger partial charge in [0.1, 0.15) is 0 Å². The Bertz CT molecular complexity index is 2000. The van der Waals surface area contributed by atoms with Crippen molar-refractivity contribution in [2.75, 3.05) is 0 Å². The van der Waals surface area contributed by atoms with E-state index in [2.05, 4.69) is 162 Å². The Balaban J connectivity index is 1.42. The summed E-state index contributed by atoms with van der Waals surface area (Å²) in [4.78, 5) is 0. The Morgan fingerprint density at radius 2 is 0.878 bits per heavy atom. The molecule has 0 unspecified atom stereocenters. The summed E-state index contributed by atoms with van der Waals surface area (Å²) in [7, 11) is 0. The molecule has 7 aromatic rings. The standard InChI is InChI=1S/C38H24BSe2/c40-34-23-22-26(24-33(34)39-31-18-8-10-20-35(31)41-36-21-11-9-19-32(36)39)38-29-16-6-4-14-27(29)37(25-12-2-1-3-13-25)28-15-5-7-17-30(28)38/h1-24H. The number of hydrogen-bond acceptors (Lipinski definition) is 0. The molecule has 3 heteroatoms. The van der Waals surface area contributed by atoms with Gasteiger partial charge in [-0.15, -0.1) is 0 Å². The van der Waals surface area contributed by atoms with Gasteiger partial charge in [0.25, 0.3) is 0 Å². The van der Waals surface area contributed by atoms with Crippen molar-refractivity contribution in [1.82, 2.24) is 0 Å². The third kappa shape index (κ3) is 4.12. The van der Waals surface area contributed by atoms with Crippen LogP contribution in [0.1, 0.15) is 0 Å². The van der Waals surface area contributed by atoms with E-state index in [9.17, 15) is 0 Å². The molecule has 0 fully saturated rings. The Morgan fingerprint density at radius 3 is 1.44 bits per heavy atom. The third-order valence-corrected chi connectivity index (χ3v) is 11.5. The van der Waals surface area contributed by atoms with Crippen molar-refractivity contribution >= 4 is 89.0 Å². The van der Waals surface area contributed by atoms with Crippen molar-refractivity contribution in [3.63, 3.8) is 0 Å². The van der Waals surface area contributed by atoms with Gasteiger partial charge in [-0.1, -0.05) is 0 Å². The zero-order chi connectivity index (χ0) is 27.3. The maximum atomic E-state index is 3.42. The van der Waals surface area contributed by atoms with Gasteiger partial charge in [0.2, 0.25) is 0 Å². The topological polar surface area (TPSA) is 0 Å². The molecule has 8 rings (SSSR count). The second-order valence-corrected chi connectivity index (χ2v) is 13.8. The average Bonchev–Trinajstić information content (AvgIpc) is 3.03. The third-order valence-electron chi connectivity index (χ3n) is 8.28. The Morgan fingerprint density at radius 1 is 0.415 bits per heavy atom. The van der Waals surface area contributed by atoms with Crippen LogP contribution in [-0.2, 0) is 0 Å². The van der Waals surface area contributed by atoms with Crippen molar-refractivity contribution in [3.05, 3.63) is 146 Å². The summed E-state index contributed by atoms with van der Waals surface area (Å²) in [6.07, 6.45) is 0. The molecule has 0 aromatic heterocycles. The van der Waals surface area contributed by atoms with Gasteiger partial charge >= 0.3 is 257 Å². The quantitative estimate of drug-likeness (QED) is 0.194. The van der Waals surface area contributed by atoms with E-state index in [4.69, 9.17) is 0 Å². The normalized spacial score (nSPS) is 12.3. The van der Waals surface area contributed by atoms with E-state index < -0.39 is 0 Å². The fourth-order valence-corrected chi connectivity index (χ4v) is 9.43. The van der Waals surface area contributed by atoms with Crippen LogP contribution >= 0.6 is 0 Å². The molecule has 0 bridgehead atoms. The first-order valence-electron chi connectivity index (χ1n) is 13.9. The molecular weight excluding hydrogens is 625 g/mol. The molecule has 0 amide bonds. The van der Waals surface area contributed by atoms with Crippen LogP contribution in [0.5, 0.6) is 0 Å². The Labute approximate surface area is 255 Å². The average molecular weight is 649 g/mol. The maximum absolute atomic E-state index is 3.42. The minimum absolute atomic E-state index is 0.204. The molecule has 1 radical (unpaired) electrons. The van der Waals surface area contributed by atoms with Crippen molar-refractivity contribution < 1.29 is 0 Å². The van der Waals surface area contributed by atoms with Crippen LogP contribution in [0.25, 0.3) is 43.8 Å². The molecule has 0 N–H and O–H groups in total. The van der Waals surface area contributed by atoms with Crippen LogP contribution in [0.3, 0.4) is 0 Å². The number of rotatable bonds is 3. The van der Waals surface area contributed by atoms with Gasteiger partial charge in [-0.25, -0.2) is 0 Å². The SMILES string of the molecule is [Se]c1ccc(-c2c3ccccc3c(-c3ccccc3)c3ccccc23)cc1B1c2ccccc2[Se]c2ccccc21. The second-order valence-electron chi connectivity index (χ2n) is 10.6. The van der Waals surface area contributed by atoms with Crippen molar-refractivity contribution in [1.29, 1.82) is 0 Å². The predicted molar refractivity (Wildman–Crippen MR) is 180 cm³/mol.